The number of carbonyl (C=O) groups excluding carboxylic acids is 3. The molecule has 0 aliphatic carbocycles. The number of amides is 2. The van der Waals surface area contributed by atoms with E-state index in [1.807, 2.05) is 35.6 Å². The summed E-state index contributed by atoms with van der Waals surface area (Å²) in [5.74, 6) is -1.63. The van der Waals surface area contributed by atoms with Gasteiger partial charge in [0.1, 0.15) is 31.7 Å². The lowest BCUT2D eigenvalue weighted by atomic mass is 9.79. The molecule has 6 atom stereocenters. The first kappa shape index (κ1) is 29.9. The van der Waals surface area contributed by atoms with Gasteiger partial charge in [0.2, 0.25) is 12.2 Å². The number of fused-ring (bicyclic) bond motifs is 1. The molecule has 3 aliphatic heterocycles. The molecular formula is C28H39N4O7S+. The van der Waals surface area contributed by atoms with Crippen molar-refractivity contribution in [3.63, 3.8) is 0 Å². The zero-order chi connectivity index (χ0) is 29.1. The Bertz CT molecular complexity index is 1200. The third kappa shape index (κ3) is 5.70. The van der Waals surface area contributed by atoms with Crippen LogP contribution in [0.15, 0.2) is 48.4 Å². The minimum Gasteiger partial charge on any atom is -0.457 e. The second kappa shape index (κ2) is 12.6. The van der Waals surface area contributed by atoms with E-state index in [-0.39, 0.29) is 54.7 Å². The quantitative estimate of drug-likeness (QED) is 0.166. The fourth-order valence-corrected chi connectivity index (χ4v) is 7.47. The van der Waals surface area contributed by atoms with Crippen LogP contribution in [0.1, 0.15) is 32.4 Å². The van der Waals surface area contributed by atoms with Gasteiger partial charge >= 0.3 is 12.1 Å². The number of carbonyl (C=O) groups is 3. The number of hydrogen-bond donors (Lipinski definition) is 2. The number of ether oxygens (including phenoxy) is 2. The summed E-state index contributed by atoms with van der Waals surface area (Å²) in [5.41, 5.74) is 1.02. The molecule has 218 valence electrons. The Labute approximate surface area is 238 Å². The van der Waals surface area contributed by atoms with E-state index in [1.54, 1.807) is 11.8 Å². The third-order valence-electron chi connectivity index (χ3n) is 7.83. The van der Waals surface area contributed by atoms with Gasteiger partial charge in [-0.3, -0.25) is 4.79 Å². The van der Waals surface area contributed by atoms with Gasteiger partial charge < -0.3 is 29.5 Å². The Hall–Kier alpha value is -3.09. The Morgan fingerprint density at radius 1 is 1.27 bits per heavy atom. The molecule has 0 bridgehead atoms. The van der Waals surface area contributed by atoms with E-state index in [0.717, 1.165) is 10.6 Å². The Kier molecular flexibility index (Phi) is 9.42. The van der Waals surface area contributed by atoms with Crippen LogP contribution in [0.3, 0.4) is 0 Å². The van der Waals surface area contributed by atoms with Crippen molar-refractivity contribution in [2.45, 2.75) is 63.3 Å². The molecule has 40 heavy (non-hydrogen) atoms. The van der Waals surface area contributed by atoms with Crippen molar-refractivity contribution < 1.29 is 38.6 Å². The van der Waals surface area contributed by atoms with Crippen LogP contribution in [0.2, 0.25) is 0 Å². The van der Waals surface area contributed by atoms with Gasteiger partial charge in [0.25, 0.3) is 0 Å². The summed E-state index contributed by atoms with van der Waals surface area (Å²) in [5, 5.41) is 19.7. The SMILES string of the molecule is C=CCOC(=O)C1=C(S[C@H]2C[C@@H](CC[n+]3cc(CO)n(C)c3)N(C(=O)OCC=C)C2)[C@H](C)[C@@H]2[C@@H]([C@@H](C)O)C(=O)N12. The molecular weight excluding hydrogens is 536 g/mol. The Balaban J connectivity index is 1.55. The molecule has 3 aliphatic rings. The summed E-state index contributed by atoms with van der Waals surface area (Å²) in [4.78, 5) is 43.0. The monoisotopic (exact) mass is 575 g/mol. The third-order valence-corrected chi connectivity index (χ3v) is 9.33. The van der Waals surface area contributed by atoms with E-state index in [1.165, 1.54) is 28.8 Å². The minimum absolute atomic E-state index is 0.0186. The van der Waals surface area contributed by atoms with Gasteiger partial charge in [-0.15, -0.1) is 11.8 Å². The lowest BCUT2D eigenvalue weighted by molar-refractivity contribution is -0.697. The Morgan fingerprint density at radius 3 is 2.60 bits per heavy atom. The average Bonchev–Trinajstić information content (AvgIpc) is 3.57. The molecule has 4 rings (SSSR count). The number of aliphatic hydroxyl groups excluding tert-OH is 2. The molecule has 0 unspecified atom stereocenters. The molecule has 4 heterocycles. The number of aliphatic hydroxyl groups is 2. The van der Waals surface area contributed by atoms with E-state index in [0.29, 0.717) is 25.9 Å². The highest BCUT2D eigenvalue weighted by Crippen LogP contribution is 2.52. The van der Waals surface area contributed by atoms with Crippen molar-refractivity contribution in [1.82, 2.24) is 14.4 Å². The van der Waals surface area contributed by atoms with Gasteiger partial charge in [-0.25, -0.2) is 18.7 Å². The highest BCUT2D eigenvalue weighted by Gasteiger charge is 2.60. The van der Waals surface area contributed by atoms with Crippen molar-refractivity contribution in [1.29, 1.82) is 0 Å². The number of hydrogen-bond acceptors (Lipinski definition) is 8. The van der Waals surface area contributed by atoms with Crippen molar-refractivity contribution in [3.8, 4) is 0 Å². The maximum atomic E-state index is 13.1. The summed E-state index contributed by atoms with van der Waals surface area (Å²) in [6.45, 7) is 11.9. The lowest BCUT2D eigenvalue weighted by Gasteiger charge is -2.46. The predicted molar refractivity (Wildman–Crippen MR) is 147 cm³/mol. The number of likely N-dealkylation sites (tertiary alicyclic amines) is 1. The van der Waals surface area contributed by atoms with Crippen molar-refractivity contribution in [3.05, 3.63) is 54.1 Å². The maximum absolute atomic E-state index is 13.1. The molecule has 12 heteroatoms. The summed E-state index contributed by atoms with van der Waals surface area (Å²) in [6.07, 6.45) is 6.86. The van der Waals surface area contributed by atoms with Crippen LogP contribution >= 0.6 is 11.8 Å². The fourth-order valence-electron chi connectivity index (χ4n) is 5.91. The molecule has 0 aromatic carbocycles. The zero-order valence-electron chi connectivity index (χ0n) is 23.3. The van der Waals surface area contributed by atoms with Crippen LogP contribution in [-0.2, 0) is 39.3 Å². The summed E-state index contributed by atoms with van der Waals surface area (Å²) >= 11 is 1.50. The normalized spacial score (nSPS) is 26.4. The van der Waals surface area contributed by atoms with Crippen LogP contribution in [0.5, 0.6) is 0 Å². The fraction of sp³-hybridized carbons (Fsp3) is 0.571. The van der Waals surface area contributed by atoms with E-state index < -0.39 is 24.1 Å². The topological polar surface area (TPSA) is 125 Å². The molecule has 2 saturated heterocycles. The number of aryl methyl sites for hydroxylation is 2. The zero-order valence-corrected chi connectivity index (χ0v) is 24.1. The standard InChI is InChI=1S/C28H39N4O7S/c1-6-10-38-27(36)24-25(17(3)23-22(18(4)34)26(35)32(23)24)40-21-12-19(31(14-21)28(37)39-11-7-2)8-9-30-13-20(15-33)29(5)16-30/h6-7,13,16-19,21-23,33-34H,1-2,8-12,14-15H2,3-5H3/q+1/t17-,18-,19-,21+,22-,23-/m1/s1. The number of aromatic nitrogens is 2. The maximum Gasteiger partial charge on any atom is 0.410 e. The highest BCUT2D eigenvalue weighted by atomic mass is 32.2. The summed E-state index contributed by atoms with van der Waals surface area (Å²) < 4.78 is 14.6. The van der Waals surface area contributed by atoms with Gasteiger partial charge in [-0.2, -0.15) is 0 Å². The number of β-lactam (4-membered cyclic amide) rings is 1. The first-order valence-electron chi connectivity index (χ1n) is 13.5. The smallest absolute Gasteiger partial charge is 0.410 e. The van der Waals surface area contributed by atoms with Gasteiger partial charge in [-0.05, 0) is 13.3 Å². The first-order chi connectivity index (χ1) is 19.1. The minimum atomic E-state index is -0.834. The van der Waals surface area contributed by atoms with Crippen molar-refractivity contribution in [2.24, 2.45) is 18.9 Å². The van der Waals surface area contributed by atoms with Gasteiger partial charge in [0, 0.05) is 35.1 Å². The molecule has 11 nitrogen and oxygen atoms in total. The largest absolute Gasteiger partial charge is 0.457 e. The molecule has 2 N–H and O–H groups in total. The number of rotatable bonds is 12. The van der Waals surface area contributed by atoms with Crippen LogP contribution in [0, 0.1) is 11.8 Å². The molecule has 0 saturated carbocycles. The van der Waals surface area contributed by atoms with E-state index >= 15 is 0 Å². The van der Waals surface area contributed by atoms with Crippen molar-refractivity contribution >= 4 is 29.7 Å². The highest BCUT2D eigenvalue weighted by molar-refractivity contribution is 8.03. The van der Waals surface area contributed by atoms with Gasteiger partial charge in [0.15, 0.2) is 5.69 Å². The number of esters is 1. The molecule has 2 fully saturated rings. The van der Waals surface area contributed by atoms with Gasteiger partial charge in [-0.1, -0.05) is 32.2 Å². The average molecular weight is 576 g/mol. The molecule has 0 spiro atoms. The van der Waals surface area contributed by atoms with E-state index in [2.05, 4.69) is 13.2 Å². The number of nitrogens with zero attached hydrogens (tertiary/aromatic N) is 4. The van der Waals surface area contributed by atoms with Crippen LogP contribution < -0.4 is 4.57 Å². The molecule has 0 radical (unpaired) electrons. The summed E-state index contributed by atoms with van der Waals surface area (Å²) in [6, 6.07) is -0.431. The molecule has 1 aromatic heterocycles. The van der Waals surface area contributed by atoms with E-state index in [9.17, 15) is 24.6 Å². The second-order valence-electron chi connectivity index (χ2n) is 10.5. The predicted octanol–water partition coefficient (Wildman–Crippen LogP) is 1.49. The summed E-state index contributed by atoms with van der Waals surface area (Å²) in [7, 11) is 1.87. The van der Waals surface area contributed by atoms with E-state index in [4.69, 9.17) is 9.47 Å². The Morgan fingerprint density at radius 2 is 1.98 bits per heavy atom. The van der Waals surface area contributed by atoms with Gasteiger partial charge in [0.05, 0.1) is 31.7 Å². The molecule has 2 amide bonds. The van der Waals surface area contributed by atoms with Crippen LogP contribution in [0.25, 0.3) is 0 Å². The van der Waals surface area contributed by atoms with Crippen molar-refractivity contribution in [2.75, 3.05) is 19.8 Å². The van der Waals surface area contributed by atoms with Crippen LogP contribution in [-0.4, -0.2) is 85.7 Å². The molecule has 1 aromatic rings. The number of thioether (sulfide) groups is 1. The number of imidazole rings is 1. The lowest BCUT2D eigenvalue weighted by Crippen LogP contribution is -2.63. The second-order valence-corrected chi connectivity index (χ2v) is 11.9. The first-order valence-corrected chi connectivity index (χ1v) is 14.4. The van der Waals surface area contributed by atoms with Crippen LogP contribution in [0.4, 0.5) is 4.79 Å².